The number of carbonyl (C=O) groups excluding carboxylic acids is 1. The molecule has 0 bridgehead atoms. The Morgan fingerprint density at radius 3 is 2.55 bits per heavy atom. The van der Waals surface area contributed by atoms with Crippen molar-refractivity contribution in [1.82, 2.24) is 15.5 Å². The molecule has 9 heteroatoms. The number of nitrogens with zero attached hydrogens (tertiary/aromatic N) is 2. The maximum absolute atomic E-state index is 12.0. The van der Waals surface area contributed by atoms with Crippen molar-refractivity contribution < 1.29 is 19.0 Å². The maximum Gasteiger partial charge on any atom is 0.407 e. The van der Waals surface area contributed by atoms with Crippen molar-refractivity contribution in [3.8, 4) is 11.5 Å². The van der Waals surface area contributed by atoms with E-state index >= 15 is 0 Å². The molecular weight excluding hydrogens is 511 g/mol. The van der Waals surface area contributed by atoms with Gasteiger partial charge in [0.15, 0.2) is 17.5 Å². The molecule has 2 N–H and O–H groups in total. The summed E-state index contributed by atoms with van der Waals surface area (Å²) >= 11 is 0. The van der Waals surface area contributed by atoms with Crippen LogP contribution in [0.5, 0.6) is 11.5 Å². The lowest BCUT2D eigenvalue weighted by Gasteiger charge is -2.23. The predicted molar refractivity (Wildman–Crippen MR) is 134 cm³/mol. The Labute approximate surface area is 203 Å². The van der Waals surface area contributed by atoms with Crippen LogP contribution in [0.15, 0.2) is 23.2 Å². The minimum Gasteiger partial charge on any atom is -0.493 e. The van der Waals surface area contributed by atoms with Gasteiger partial charge in [0.25, 0.3) is 0 Å². The van der Waals surface area contributed by atoms with Gasteiger partial charge in [-0.2, -0.15) is 0 Å². The number of likely N-dealkylation sites (tertiary alicyclic amines) is 1. The van der Waals surface area contributed by atoms with E-state index in [4.69, 9.17) is 19.2 Å². The van der Waals surface area contributed by atoms with Crippen molar-refractivity contribution in [3.63, 3.8) is 0 Å². The van der Waals surface area contributed by atoms with E-state index in [0.29, 0.717) is 13.1 Å². The topological polar surface area (TPSA) is 84.4 Å². The maximum atomic E-state index is 12.0. The Morgan fingerprint density at radius 1 is 1.23 bits per heavy atom. The van der Waals surface area contributed by atoms with Crippen molar-refractivity contribution in [2.45, 2.75) is 52.2 Å². The zero-order valence-electron chi connectivity index (χ0n) is 19.5. The molecule has 0 aliphatic carbocycles. The van der Waals surface area contributed by atoms with Crippen molar-refractivity contribution in [2.75, 3.05) is 40.4 Å². The second-order valence-corrected chi connectivity index (χ2v) is 8.25. The molecule has 1 unspecified atom stereocenters. The van der Waals surface area contributed by atoms with Crippen LogP contribution in [0.1, 0.15) is 39.7 Å². The average Bonchev–Trinajstić information content (AvgIpc) is 3.13. The molecular formula is C22H37IN4O4. The van der Waals surface area contributed by atoms with Crippen LogP contribution >= 0.6 is 24.0 Å². The van der Waals surface area contributed by atoms with Crippen LogP contribution in [-0.4, -0.2) is 69.0 Å². The van der Waals surface area contributed by atoms with E-state index in [1.165, 1.54) is 0 Å². The first-order chi connectivity index (χ1) is 14.3. The van der Waals surface area contributed by atoms with Gasteiger partial charge < -0.3 is 29.7 Å². The van der Waals surface area contributed by atoms with Crippen LogP contribution in [0.3, 0.4) is 0 Å². The highest BCUT2D eigenvalue weighted by Crippen LogP contribution is 2.27. The second-order valence-electron chi connectivity index (χ2n) is 8.25. The first kappa shape index (κ1) is 27.1. The average molecular weight is 548 g/mol. The van der Waals surface area contributed by atoms with E-state index in [1.54, 1.807) is 14.2 Å². The summed E-state index contributed by atoms with van der Waals surface area (Å²) in [6, 6.07) is 5.98. The quantitative estimate of drug-likeness (QED) is 0.309. The lowest BCUT2D eigenvalue weighted by molar-refractivity contribution is 0.0507. The summed E-state index contributed by atoms with van der Waals surface area (Å²) in [5.41, 5.74) is 0.640. The molecule has 8 nitrogen and oxygen atoms in total. The number of benzene rings is 1. The molecule has 1 aliphatic rings. The van der Waals surface area contributed by atoms with Gasteiger partial charge in [-0.15, -0.1) is 24.0 Å². The van der Waals surface area contributed by atoms with Gasteiger partial charge in [0.2, 0.25) is 0 Å². The van der Waals surface area contributed by atoms with Crippen LogP contribution in [0.4, 0.5) is 4.79 Å². The fraction of sp³-hybridized carbons (Fsp3) is 0.636. The van der Waals surface area contributed by atoms with Gasteiger partial charge in [-0.3, -0.25) is 4.99 Å². The number of guanidine groups is 1. The van der Waals surface area contributed by atoms with E-state index in [-0.39, 0.29) is 36.1 Å². The number of hydrogen-bond donors (Lipinski definition) is 2. The fourth-order valence-electron chi connectivity index (χ4n) is 3.30. The van der Waals surface area contributed by atoms with Gasteiger partial charge in [-0.05, 0) is 58.2 Å². The molecule has 0 saturated carbocycles. The summed E-state index contributed by atoms with van der Waals surface area (Å²) in [5.74, 6) is 2.31. The van der Waals surface area contributed by atoms with Gasteiger partial charge in [0, 0.05) is 26.2 Å². The highest BCUT2D eigenvalue weighted by molar-refractivity contribution is 14.0. The molecule has 0 spiro atoms. The zero-order chi connectivity index (χ0) is 22.1. The molecule has 1 heterocycles. The number of nitrogens with one attached hydrogen (secondary N) is 2. The van der Waals surface area contributed by atoms with Crippen LogP contribution in [-0.2, 0) is 11.2 Å². The molecule has 176 valence electrons. The Hall–Kier alpha value is -1.91. The molecule has 2 rings (SSSR count). The van der Waals surface area contributed by atoms with E-state index in [9.17, 15) is 4.79 Å². The Balaban J connectivity index is 0.00000480. The number of carbonyl (C=O) groups is 1. The largest absolute Gasteiger partial charge is 0.493 e. The normalized spacial score (nSPS) is 16.4. The zero-order valence-corrected chi connectivity index (χ0v) is 21.8. The van der Waals surface area contributed by atoms with Gasteiger partial charge in [-0.25, -0.2) is 4.79 Å². The van der Waals surface area contributed by atoms with Crippen molar-refractivity contribution in [2.24, 2.45) is 4.99 Å². The number of amides is 1. The van der Waals surface area contributed by atoms with Crippen molar-refractivity contribution in [3.05, 3.63) is 23.8 Å². The molecule has 1 saturated heterocycles. The fourth-order valence-corrected chi connectivity index (χ4v) is 3.30. The molecule has 1 aromatic rings. The summed E-state index contributed by atoms with van der Waals surface area (Å²) < 4.78 is 16.0. The van der Waals surface area contributed by atoms with Gasteiger partial charge in [-0.1, -0.05) is 6.07 Å². The second kappa shape index (κ2) is 12.8. The molecule has 1 atom stereocenters. The first-order valence-electron chi connectivity index (χ1n) is 10.5. The van der Waals surface area contributed by atoms with Crippen LogP contribution < -0.4 is 20.1 Å². The number of ether oxygens (including phenoxy) is 3. The Bertz CT molecular complexity index is 737. The highest BCUT2D eigenvalue weighted by atomic mass is 127. The summed E-state index contributed by atoms with van der Waals surface area (Å²) in [7, 11) is 3.27. The number of aliphatic imine (C=N–C) groups is 1. The molecule has 1 aromatic carbocycles. The third-order valence-corrected chi connectivity index (χ3v) is 4.65. The standard InChI is InChI=1S/C22H36N4O4.HI/c1-7-23-20(24-12-10-16-8-9-18(28-5)19(14-16)29-6)26-13-11-17(15-26)25-21(27)30-22(2,3)4;/h8-9,14,17H,7,10-13,15H2,1-6H3,(H,23,24)(H,25,27);1H. The smallest absolute Gasteiger partial charge is 0.407 e. The van der Waals surface area contributed by atoms with Crippen LogP contribution in [0, 0.1) is 0 Å². The lowest BCUT2D eigenvalue weighted by atomic mass is 10.1. The number of hydrogen-bond acceptors (Lipinski definition) is 5. The SMILES string of the molecule is CCNC(=NCCc1ccc(OC)c(OC)c1)N1CCC(NC(=O)OC(C)(C)C)C1.I. The van der Waals surface area contributed by atoms with Gasteiger partial charge >= 0.3 is 6.09 Å². The van der Waals surface area contributed by atoms with E-state index in [1.807, 2.05) is 39.0 Å². The van der Waals surface area contributed by atoms with Crippen LogP contribution in [0.2, 0.25) is 0 Å². The number of halogens is 1. The Kier molecular flexibility index (Phi) is 11.2. The van der Waals surface area contributed by atoms with E-state index < -0.39 is 5.60 Å². The third-order valence-electron chi connectivity index (χ3n) is 4.65. The van der Waals surface area contributed by atoms with Crippen LogP contribution in [0.25, 0.3) is 0 Å². The molecule has 0 radical (unpaired) electrons. The number of rotatable bonds is 7. The number of methoxy groups -OCH3 is 2. The molecule has 0 aromatic heterocycles. The highest BCUT2D eigenvalue weighted by Gasteiger charge is 2.27. The summed E-state index contributed by atoms with van der Waals surface area (Å²) in [5, 5.41) is 6.31. The predicted octanol–water partition coefficient (Wildman–Crippen LogP) is 3.43. The summed E-state index contributed by atoms with van der Waals surface area (Å²) in [4.78, 5) is 19.0. The summed E-state index contributed by atoms with van der Waals surface area (Å²) in [6.45, 7) is 10.6. The molecule has 1 amide bonds. The lowest BCUT2D eigenvalue weighted by Crippen LogP contribution is -2.44. The van der Waals surface area contributed by atoms with Gasteiger partial charge in [0.05, 0.1) is 20.3 Å². The van der Waals surface area contributed by atoms with E-state index in [2.05, 4.69) is 22.5 Å². The minimum absolute atomic E-state index is 0. The molecule has 1 fully saturated rings. The third kappa shape index (κ3) is 9.00. The van der Waals surface area contributed by atoms with Crippen molar-refractivity contribution >= 4 is 36.0 Å². The van der Waals surface area contributed by atoms with E-state index in [0.717, 1.165) is 49.0 Å². The van der Waals surface area contributed by atoms with Gasteiger partial charge in [0.1, 0.15) is 5.60 Å². The number of alkyl carbamates (subject to hydrolysis) is 1. The monoisotopic (exact) mass is 548 g/mol. The molecule has 1 aliphatic heterocycles. The van der Waals surface area contributed by atoms with Crippen molar-refractivity contribution in [1.29, 1.82) is 0 Å². The Morgan fingerprint density at radius 2 is 1.94 bits per heavy atom. The minimum atomic E-state index is -0.497. The summed E-state index contributed by atoms with van der Waals surface area (Å²) in [6.07, 6.45) is 1.28. The first-order valence-corrected chi connectivity index (χ1v) is 10.5. The molecule has 31 heavy (non-hydrogen) atoms.